The first kappa shape index (κ1) is 18.3. The molecule has 0 spiro atoms. The molecule has 0 N–H and O–H groups in total. The van der Waals surface area contributed by atoms with Crippen LogP contribution in [0.15, 0.2) is 77.1 Å². The summed E-state index contributed by atoms with van der Waals surface area (Å²) in [6, 6.07) is 20.2. The predicted octanol–water partition coefficient (Wildman–Crippen LogP) is 5.47. The molecule has 8 heteroatoms. The fourth-order valence-electron chi connectivity index (χ4n) is 2.56. The van der Waals surface area contributed by atoms with E-state index in [4.69, 9.17) is 0 Å². The third kappa shape index (κ3) is 4.24. The minimum absolute atomic E-state index is 0.0375. The third-order valence-electron chi connectivity index (χ3n) is 3.93. The average Bonchev–Trinajstić information content (AvgIpc) is 3.22. The van der Waals surface area contributed by atoms with Gasteiger partial charge in [-0.1, -0.05) is 54.2 Å². The van der Waals surface area contributed by atoms with E-state index in [-0.39, 0.29) is 5.69 Å². The number of hydrogen-bond donors (Lipinski definition) is 0. The number of nitro benzene ring substituents is 1. The Morgan fingerprint density at radius 2 is 1.79 bits per heavy atom. The summed E-state index contributed by atoms with van der Waals surface area (Å²) in [5.41, 5.74) is 3.43. The zero-order valence-corrected chi connectivity index (χ0v) is 16.2. The first-order valence-corrected chi connectivity index (χ1v) is 10.3. The van der Waals surface area contributed by atoms with Crippen molar-refractivity contribution >= 4 is 28.8 Å². The van der Waals surface area contributed by atoms with Crippen molar-refractivity contribution in [3.05, 3.63) is 87.9 Å². The van der Waals surface area contributed by atoms with E-state index < -0.39 is 4.92 Å². The van der Waals surface area contributed by atoms with Crippen molar-refractivity contribution in [2.24, 2.45) is 0 Å². The molecule has 0 unspecified atom stereocenters. The van der Waals surface area contributed by atoms with Crippen LogP contribution in [0.3, 0.4) is 0 Å². The van der Waals surface area contributed by atoms with Gasteiger partial charge < -0.3 is 0 Å². The van der Waals surface area contributed by atoms with Gasteiger partial charge in [-0.15, -0.1) is 21.5 Å². The van der Waals surface area contributed by atoms with E-state index in [9.17, 15) is 10.1 Å². The number of rotatable bonds is 6. The molecule has 2 aromatic carbocycles. The molecule has 0 saturated carbocycles. The van der Waals surface area contributed by atoms with Crippen molar-refractivity contribution in [1.82, 2.24) is 15.2 Å². The molecule has 0 fully saturated rings. The Morgan fingerprint density at radius 3 is 2.54 bits per heavy atom. The number of benzene rings is 2. The number of hydrogen-bond acceptors (Lipinski definition) is 7. The van der Waals surface area contributed by atoms with Crippen molar-refractivity contribution in [2.75, 3.05) is 0 Å². The van der Waals surface area contributed by atoms with Gasteiger partial charge in [0.05, 0.1) is 16.3 Å². The van der Waals surface area contributed by atoms with Crippen LogP contribution in [0.1, 0.15) is 5.69 Å². The highest BCUT2D eigenvalue weighted by Crippen LogP contribution is 2.28. The second kappa shape index (κ2) is 8.28. The lowest BCUT2D eigenvalue weighted by Crippen LogP contribution is -1.92. The monoisotopic (exact) mass is 406 g/mol. The van der Waals surface area contributed by atoms with Gasteiger partial charge in [0.25, 0.3) is 5.69 Å². The maximum atomic E-state index is 10.9. The number of non-ortho nitro benzene ring substituents is 1. The summed E-state index contributed by atoms with van der Waals surface area (Å²) in [6.45, 7) is 0. The van der Waals surface area contributed by atoms with Gasteiger partial charge in [0.15, 0.2) is 0 Å². The summed E-state index contributed by atoms with van der Waals surface area (Å²) >= 11 is 3.18. The Balaban J connectivity index is 1.42. The van der Waals surface area contributed by atoms with Crippen LogP contribution in [-0.4, -0.2) is 20.1 Å². The van der Waals surface area contributed by atoms with Gasteiger partial charge in [-0.05, 0) is 12.1 Å². The van der Waals surface area contributed by atoms with Crippen molar-refractivity contribution in [2.45, 2.75) is 10.8 Å². The summed E-state index contributed by atoms with van der Waals surface area (Å²) in [5, 5.41) is 23.2. The molecule has 0 bridgehead atoms. The van der Waals surface area contributed by atoms with Crippen LogP contribution in [0.4, 0.5) is 5.69 Å². The van der Waals surface area contributed by atoms with Gasteiger partial charge in [-0.2, -0.15) is 0 Å². The largest absolute Gasteiger partial charge is 0.270 e. The van der Waals surface area contributed by atoms with Gasteiger partial charge in [0, 0.05) is 34.4 Å². The molecule has 0 aliphatic rings. The van der Waals surface area contributed by atoms with Crippen LogP contribution in [0, 0.1) is 10.1 Å². The second-order valence-corrected chi connectivity index (χ2v) is 7.72. The first-order chi connectivity index (χ1) is 13.7. The number of nitro groups is 1. The molecule has 0 radical (unpaired) electrons. The van der Waals surface area contributed by atoms with Crippen molar-refractivity contribution < 1.29 is 4.92 Å². The lowest BCUT2D eigenvalue weighted by molar-refractivity contribution is -0.384. The molecule has 4 rings (SSSR count). The Morgan fingerprint density at radius 1 is 0.964 bits per heavy atom. The summed E-state index contributed by atoms with van der Waals surface area (Å²) < 4.78 is 0. The van der Waals surface area contributed by atoms with E-state index in [2.05, 4.69) is 20.6 Å². The highest BCUT2D eigenvalue weighted by Gasteiger charge is 2.09. The maximum Gasteiger partial charge on any atom is 0.270 e. The summed E-state index contributed by atoms with van der Waals surface area (Å²) in [7, 11) is 0. The molecule has 138 valence electrons. The molecule has 0 amide bonds. The Bertz CT molecular complexity index is 1100. The smallest absolute Gasteiger partial charge is 0.258 e. The van der Waals surface area contributed by atoms with Crippen LogP contribution in [-0.2, 0) is 5.75 Å². The highest BCUT2D eigenvalue weighted by molar-refractivity contribution is 7.98. The van der Waals surface area contributed by atoms with E-state index in [0.717, 1.165) is 21.3 Å². The molecule has 2 heterocycles. The Labute approximate surface area is 169 Å². The van der Waals surface area contributed by atoms with Gasteiger partial charge in [0.1, 0.15) is 10.0 Å². The number of thiazole rings is 1. The lowest BCUT2D eigenvalue weighted by atomic mass is 10.1. The molecule has 0 atom stereocenters. The SMILES string of the molecule is O=[N+]([O-])c1cccc(-c2ccc(SCc3csc(-c4ccccc4)n3)nn2)c1. The average molecular weight is 406 g/mol. The molecular formula is C20H14N4O2S2. The molecule has 0 aliphatic heterocycles. The Kier molecular flexibility index (Phi) is 5.41. The predicted molar refractivity (Wildman–Crippen MR) is 111 cm³/mol. The molecule has 28 heavy (non-hydrogen) atoms. The zero-order valence-electron chi connectivity index (χ0n) is 14.6. The molecule has 0 aliphatic carbocycles. The summed E-state index contributed by atoms with van der Waals surface area (Å²) in [6.07, 6.45) is 0. The van der Waals surface area contributed by atoms with Crippen LogP contribution >= 0.6 is 23.1 Å². The fraction of sp³-hybridized carbons (Fsp3) is 0.0500. The second-order valence-electron chi connectivity index (χ2n) is 5.86. The Hall–Kier alpha value is -3.10. The quantitative estimate of drug-likeness (QED) is 0.240. The van der Waals surface area contributed by atoms with Gasteiger partial charge in [0.2, 0.25) is 0 Å². The fourth-order valence-corrected chi connectivity index (χ4v) is 4.20. The van der Waals surface area contributed by atoms with E-state index in [1.165, 1.54) is 12.1 Å². The van der Waals surface area contributed by atoms with Crippen LogP contribution < -0.4 is 0 Å². The van der Waals surface area contributed by atoms with Crippen LogP contribution in [0.5, 0.6) is 0 Å². The van der Waals surface area contributed by atoms with Crippen molar-refractivity contribution in [1.29, 1.82) is 0 Å². The van der Waals surface area contributed by atoms with E-state index in [0.29, 0.717) is 17.0 Å². The first-order valence-electron chi connectivity index (χ1n) is 8.40. The molecule has 0 saturated heterocycles. The maximum absolute atomic E-state index is 10.9. The minimum atomic E-state index is -0.418. The highest BCUT2D eigenvalue weighted by atomic mass is 32.2. The molecule has 6 nitrogen and oxygen atoms in total. The third-order valence-corrected chi connectivity index (χ3v) is 5.83. The molecular weight excluding hydrogens is 392 g/mol. The van der Waals surface area contributed by atoms with Gasteiger partial charge in [-0.3, -0.25) is 10.1 Å². The van der Waals surface area contributed by atoms with Crippen molar-refractivity contribution in [3.8, 4) is 21.8 Å². The van der Waals surface area contributed by atoms with Crippen LogP contribution in [0.2, 0.25) is 0 Å². The number of aromatic nitrogens is 3. The van der Waals surface area contributed by atoms with Crippen molar-refractivity contribution in [3.63, 3.8) is 0 Å². The summed E-state index contributed by atoms with van der Waals surface area (Å²) in [5.74, 6) is 0.703. The number of nitrogens with zero attached hydrogens (tertiary/aromatic N) is 4. The lowest BCUT2D eigenvalue weighted by Gasteiger charge is -2.02. The van der Waals surface area contributed by atoms with Gasteiger partial charge in [-0.25, -0.2) is 4.98 Å². The normalized spacial score (nSPS) is 10.7. The molecule has 4 aromatic rings. The summed E-state index contributed by atoms with van der Waals surface area (Å²) in [4.78, 5) is 15.2. The topological polar surface area (TPSA) is 81.8 Å². The van der Waals surface area contributed by atoms with E-state index in [1.54, 1.807) is 35.2 Å². The van der Waals surface area contributed by atoms with E-state index in [1.807, 2.05) is 42.5 Å². The zero-order chi connectivity index (χ0) is 19.3. The van der Waals surface area contributed by atoms with E-state index >= 15 is 0 Å². The molecule has 2 aromatic heterocycles. The van der Waals surface area contributed by atoms with Crippen LogP contribution in [0.25, 0.3) is 21.8 Å². The standard InChI is InChI=1S/C20H14N4O2S2/c25-24(26)17-8-4-7-15(11-17)18-9-10-19(23-22-18)27-12-16-13-28-20(21-16)14-5-2-1-3-6-14/h1-11,13H,12H2. The minimum Gasteiger partial charge on any atom is -0.258 e. The number of thioether (sulfide) groups is 1. The van der Waals surface area contributed by atoms with Gasteiger partial charge >= 0.3 is 0 Å².